The van der Waals surface area contributed by atoms with E-state index < -0.39 is 29.6 Å². The Morgan fingerprint density at radius 3 is 2.06 bits per heavy atom. The molecule has 8 heteroatoms. The second kappa shape index (κ2) is 11.2. The highest BCUT2D eigenvalue weighted by Gasteiger charge is 2.31. The van der Waals surface area contributed by atoms with Gasteiger partial charge in [0.2, 0.25) is 5.91 Å². The Hall–Kier alpha value is -3.68. The average Bonchev–Trinajstić information content (AvgIpc) is 3.11. The molecule has 1 aliphatic carbocycles. The number of benzene rings is 2. The molecule has 0 heterocycles. The van der Waals surface area contributed by atoms with Crippen LogP contribution in [-0.2, 0) is 23.9 Å². The number of nitrogens with one attached hydrogen (secondary N) is 2. The Morgan fingerprint density at radius 2 is 1.51 bits per heavy atom. The highest BCUT2D eigenvalue weighted by atomic mass is 16.6. The average molecular weight is 481 g/mol. The number of hydrogen-bond donors (Lipinski definition) is 2. The molecule has 35 heavy (non-hydrogen) atoms. The van der Waals surface area contributed by atoms with Crippen molar-refractivity contribution in [3.05, 3.63) is 59.7 Å². The molecule has 0 bridgehead atoms. The molecule has 8 nitrogen and oxygen atoms in total. The maximum atomic E-state index is 12.7. The van der Waals surface area contributed by atoms with Crippen LogP contribution < -0.4 is 10.6 Å². The lowest BCUT2D eigenvalue weighted by atomic mass is 9.98. The Labute approximate surface area is 205 Å². The van der Waals surface area contributed by atoms with Gasteiger partial charge in [0, 0.05) is 12.3 Å². The fourth-order valence-corrected chi connectivity index (χ4v) is 3.99. The summed E-state index contributed by atoms with van der Waals surface area (Å²) in [5.74, 6) is -1.36. The number of alkyl carbamates (subject to hydrolysis) is 1. The highest BCUT2D eigenvalue weighted by molar-refractivity contribution is 5.86. The second-order valence-corrected chi connectivity index (χ2v) is 9.57. The zero-order valence-corrected chi connectivity index (χ0v) is 20.6. The predicted octanol–water partition coefficient (Wildman–Crippen LogP) is 3.72. The number of fused-ring (bicyclic) bond motifs is 3. The van der Waals surface area contributed by atoms with Crippen molar-refractivity contribution in [3.63, 3.8) is 0 Å². The molecule has 0 radical (unpaired) electrons. The molecule has 2 aromatic carbocycles. The van der Waals surface area contributed by atoms with E-state index in [0.717, 1.165) is 22.3 Å². The van der Waals surface area contributed by atoms with Gasteiger partial charge in [0.05, 0.1) is 6.54 Å². The van der Waals surface area contributed by atoms with Crippen LogP contribution in [0.2, 0.25) is 0 Å². The van der Waals surface area contributed by atoms with Crippen molar-refractivity contribution < 1.29 is 28.7 Å². The first-order valence-corrected chi connectivity index (χ1v) is 11.7. The summed E-state index contributed by atoms with van der Waals surface area (Å²) in [6, 6.07) is 14.9. The highest BCUT2D eigenvalue weighted by Crippen LogP contribution is 2.44. The number of amides is 2. The van der Waals surface area contributed by atoms with Crippen LogP contribution in [0.3, 0.4) is 0 Å². The summed E-state index contributed by atoms with van der Waals surface area (Å²) in [5, 5.41) is 5.02. The van der Waals surface area contributed by atoms with Crippen molar-refractivity contribution in [2.24, 2.45) is 0 Å². The Morgan fingerprint density at radius 1 is 0.943 bits per heavy atom. The minimum Gasteiger partial charge on any atom is -0.458 e. The monoisotopic (exact) mass is 480 g/mol. The molecule has 2 amide bonds. The number of hydrogen-bond acceptors (Lipinski definition) is 6. The number of ether oxygens (including phenoxy) is 2. The molecule has 0 saturated carbocycles. The van der Waals surface area contributed by atoms with Crippen molar-refractivity contribution >= 4 is 23.8 Å². The van der Waals surface area contributed by atoms with Crippen LogP contribution in [0.1, 0.15) is 57.6 Å². The van der Waals surface area contributed by atoms with E-state index in [-0.39, 0.29) is 37.7 Å². The van der Waals surface area contributed by atoms with Crippen LogP contribution in [0.4, 0.5) is 4.79 Å². The first-order chi connectivity index (χ1) is 16.5. The molecule has 2 aromatic rings. The van der Waals surface area contributed by atoms with E-state index in [1.54, 1.807) is 20.8 Å². The summed E-state index contributed by atoms with van der Waals surface area (Å²) >= 11 is 0. The molecule has 1 aliphatic rings. The lowest BCUT2D eigenvalue weighted by Gasteiger charge is -2.24. The molecule has 0 saturated heterocycles. The molecule has 3 rings (SSSR count). The lowest BCUT2D eigenvalue weighted by molar-refractivity contribution is -0.157. The summed E-state index contributed by atoms with van der Waals surface area (Å²) < 4.78 is 10.9. The molecule has 186 valence electrons. The largest absolute Gasteiger partial charge is 0.458 e. The SMILES string of the molecule is CC(=O)CNC(=O)CCC(NC(=O)OCC1c2ccccc2-c2ccccc21)C(=O)OC(C)(C)C. The Bertz CT molecular complexity index is 1060. The van der Waals surface area contributed by atoms with Gasteiger partial charge in [0.1, 0.15) is 24.0 Å². The fourth-order valence-electron chi connectivity index (χ4n) is 3.99. The number of carbonyl (C=O) groups excluding carboxylic acids is 4. The van der Waals surface area contributed by atoms with Crippen LogP contribution in [0.5, 0.6) is 0 Å². The van der Waals surface area contributed by atoms with Crippen LogP contribution in [-0.4, -0.2) is 48.5 Å². The number of ketones is 1. The van der Waals surface area contributed by atoms with E-state index in [9.17, 15) is 19.2 Å². The smallest absolute Gasteiger partial charge is 0.407 e. The molecule has 1 atom stereocenters. The van der Waals surface area contributed by atoms with Crippen LogP contribution in [0.25, 0.3) is 11.1 Å². The molecule has 0 fully saturated rings. The van der Waals surface area contributed by atoms with E-state index in [2.05, 4.69) is 10.6 Å². The number of esters is 1. The van der Waals surface area contributed by atoms with Crippen molar-refractivity contribution in [3.8, 4) is 11.1 Å². The number of carbonyl (C=O) groups is 4. The van der Waals surface area contributed by atoms with Gasteiger partial charge in [0.15, 0.2) is 0 Å². The lowest BCUT2D eigenvalue weighted by Crippen LogP contribution is -2.45. The third kappa shape index (κ3) is 7.15. The van der Waals surface area contributed by atoms with Gasteiger partial charge in [-0.05, 0) is 56.4 Å². The Kier molecular flexibility index (Phi) is 8.27. The summed E-state index contributed by atoms with van der Waals surface area (Å²) in [7, 11) is 0. The minimum absolute atomic E-state index is 0.00282. The predicted molar refractivity (Wildman–Crippen MR) is 131 cm³/mol. The summed E-state index contributed by atoms with van der Waals surface area (Å²) in [4.78, 5) is 48.4. The molecule has 2 N–H and O–H groups in total. The van der Waals surface area contributed by atoms with Crippen molar-refractivity contribution in [2.45, 2.75) is 58.1 Å². The second-order valence-electron chi connectivity index (χ2n) is 9.57. The first-order valence-electron chi connectivity index (χ1n) is 11.7. The Balaban J connectivity index is 1.64. The van der Waals surface area contributed by atoms with E-state index in [0.29, 0.717) is 0 Å². The van der Waals surface area contributed by atoms with E-state index in [1.165, 1.54) is 6.92 Å². The molecule has 0 aliphatic heterocycles. The maximum Gasteiger partial charge on any atom is 0.407 e. The topological polar surface area (TPSA) is 111 Å². The van der Waals surface area contributed by atoms with Crippen molar-refractivity contribution in [2.75, 3.05) is 13.2 Å². The first kappa shape index (κ1) is 25.9. The molecular weight excluding hydrogens is 448 g/mol. The minimum atomic E-state index is -1.08. The van der Waals surface area contributed by atoms with E-state index in [1.807, 2.05) is 48.5 Å². The number of rotatable bonds is 9. The van der Waals surface area contributed by atoms with Crippen LogP contribution in [0.15, 0.2) is 48.5 Å². The quantitative estimate of drug-likeness (QED) is 0.529. The van der Waals surface area contributed by atoms with Crippen LogP contribution in [0, 0.1) is 0 Å². The fraction of sp³-hybridized carbons (Fsp3) is 0.407. The molecular formula is C27H32N2O6. The molecule has 0 aromatic heterocycles. The van der Waals surface area contributed by atoms with E-state index >= 15 is 0 Å². The number of Topliss-reactive ketones (excluding diaryl/α,β-unsaturated/α-hetero) is 1. The maximum absolute atomic E-state index is 12.7. The summed E-state index contributed by atoms with van der Waals surface area (Å²) in [5.41, 5.74) is 3.61. The normalized spacial score (nSPS) is 13.3. The van der Waals surface area contributed by atoms with Gasteiger partial charge in [-0.15, -0.1) is 0 Å². The molecule has 1 unspecified atom stereocenters. The third-order valence-corrected chi connectivity index (χ3v) is 5.52. The van der Waals surface area contributed by atoms with Gasteiger partial charge in [-0.25, -0.2) is 9.59 Å². The van der Waals surface area contributed by atoms with Gasteiger partial charge in [0.25, 0.3) is 0 Å². The van der Waals surface area contributed by atoms with Crippen molar-refractivity contribution in [1.29, 1.82) is 0 Å². The van der Waals surface area contributed by atoms with Gasteiger partial charge < -0.3 is 20.1 Å². The van der Waals surface area contributed by atoms with Crippen molar-refractivity contribution in [1.82, 2.24) is 10.6 Å². The van der Waals surface area contributed by atoms with Gasteiger partial charge in [-0.3, -0.25) is 9.59 Å². The summed E-state index contributed by atoms with van der Waals surface area (Å²) in [6.45, 7) is 6.52. The zero-order valence-electron chi connectivity index (χ0n) is 20.6. The van der Waals surface area contributed by atoms with Gasteiger partial charge >= 0.3 is 12.1 Å². The summed E-state index contributed by atoms with van der Waals surface area (Å²) in [6.07, 6.45) is -0.837. The van der Waals surface area contributed by atoms with E-state index in [4.69, 9.17) is 9.47 Å². The third-order valence-electron chi connectivity index (χ3n) is 5.52. The van der Waals surface area contributed by atoms with Gasteiger partial charge in [-0.2, -0.15) is 0 Å². The standard InChI is InChI=1S/C27H32N2O6/c1-17(30)15-28-24(31)14-13-23(25(32)35-27(2,3)4)29-26(33)34-16-22-20-11-7-5-9-18(20)19-10-6-8-12-21(19)22/h5-12,22-23H,13-16H2,1-4H3,(H,28,31)(H,29,33). The zero-order chi connectivity index (χ0) is 25.6. The molecule has 0 spiro atoms. The van der Waals surface area contributed by atoms with Crippen LogP contribution >= 0.6 is 0 Å². The van der Waals surface area contributed by atoms with Gasteiger partial charge in [-0.1, -0.05) is 48.5 Å².